The van der Waals surface area contributed by atoms with Gasteiger partial charge in [0.15, 0.2) is 0 Å². The van der Waals surface area contributed by atoms with Crippen LogP contribution in [0.2, 0.25) is 0 Å². The summed E-state index contributed by atoms with van der Waals surface area (Å²) in [5, 5.41) is 52.9. The second kappa shape index (κ2) is 8.71. The van der Waals surface area contributed by atoms with Crippen LogP contribution in [0.4, 0.5) is 0 Å². The third-order valence-electron chi connectivity index (χ3n) is 5.92. The van der Waals surface area contributed by atoms with Gasteiger partial charge < -0.3 is 35.6 Å². The van der Waals surface area contributed by atoms with Crippen molar-refractivity contribution < 1.29 is 35.1 Å². The number of aliphatic hydroxyl groups excluding tert-OH is 4. The van der Waals surface area contributed by atoms with Crippen LogP contribution in [-0.2, 0) is 6.42 Å². The maximum Gasteiger partial charge on any atom is 0.251 e. The van der Waals surface area contributed by atoms with Crippen molar-refractivity contribution in [2.24, 2.45) is 5.92 Å². The summed E-state index contributed by atoms with van der Waals surface area (Å²) in [6, 6.07) is 12.4. The summed E-state index contributed by atoms with van der Waals surface area (Å²) in [5.74, 6) is -0.785. The molecule has 0 bridgehead atoms. The van der Waals surface area contributed by atoms with E-state index in [-0.39, 0.29) is 12.3 Å². The number of benzene rings is 2. The van der Waals surface area contributed by atoms with E-state index in [1.54, 1.807) is 43.4 Å². The van der Waals surface area contributed by atoms with Crippen molar-refractivity contribution in [2.75, 3.05) is 20.8 Å². The summed E-state index contributed by atoms with van der Waals surface area (Å²) in [6.45, 7) is -0.566. The molecule has 5 atom stereocenters. The molecule has 2 aromatic carbocycles. The maximum atomic E-state index is 11.9. The van der Waals surface area contributed by atoms with Gasteiger partial charge in [-0.3, -0.25) is 4.79 Å². The lowest BCUT2D eigenvalue weighted by molar-refractivity contribution is -0.300. The minimum Gasteiger partial charge on any atom is -0.496 e. The first-order valence-electron chi connectivity index (χ1n) is 9.64. The van der Waals surface area contributed by atoms with Gasteiger partial charge in [0.05, 0.1) is 25.9 Å². The molecule has 1 saturated carbocycles. The molecule has 30 heavy (non-hydrogen) atoms. The highest BCUT2D eigenvalue weighted by Gasteiger charge is 2.64. The van der Waals surface area contributed by atoms with Crippen molar-refractivity contribution in [2.45, 2.75) is 30.3 Å². The molecule has 3 rings (SSSR count). The molecule has 6 N–H and O–H groups in total. The van der Waals surface area contributed by atoms with Gasteiger partial charge in [-0.1, -0.05) is 24.3 Å². The van der Waals surface area contributed by atoms with Crippen LogP contribution in [-0.4, -0.2) is 76.1 Å². The molecule has 1 aliphatic rings. The summed E-state index contributed by atoms with van der Waals surface area (Å²) >= 11 is 0. The van der Waals surface area contributed by atoms with E-state index < -0.39 is 36.4 Å². The van der Waals surface area contributed by atoms with Crippen molar-refractivity contribution in [3.8, 4) is 16.9 Å². The first-order valence-corrected chi connectivity index (χ1v) is 9.64. The lowest BCUT2D eigenvalue weighted by Crippen LogP contribution is -2.75. The Morgan fingerprint density at radius 1 is 1.20 bits per heavy atom. The van der Waals surface area contributed by atoms with Gasteiger partial charge >= 0.3 is 0 Å². The molecule has 8 heteroatoms. The van der Waals surface area contributed by atoms with Crippen molar-refractivity contribution in [3.05, 3.63) is 53.6 Å². The van der Waals surface area contributed by atoms with E-state index in [9.17, 15) is 30.3 Å². The van der Waals surface area contributed by atoms with Gasteiger partial charge in [-0.2, -0.15) is 0 Å². The van der Waals surface area contributed by atoms with Gasteiger partial charge in [0.2, 0.25) is 0 Å². The maximum absolute atomic E-state index is 11.9. The molecule has 5 unspecified atom stereocenters. The van der Waals surface area contributed by atoms with Gasteiger partial charge in [0.1, 0.15) is 17.5 Å². The molecule has 1 fully saturated rings. The van der Waals surface area contributed by atoms with Crippen molar-refractivity contribution in [1.29, 1.82) is 0 Å². The van der Waals surface area contributed by atoms with Crippen LogP contribution in [0.3, 0.4) is 0 Å². The van der Waals surface area contributed by atoms with Gasteiger partial charge in [0.25, 0.3) is 5.91 Å². The lowest BCUT2D eigenvalue weighted by atomic mass is 9.61. The number of hydrogen-bond acceptors (Lipinski definition) is 7. The van der Waals surface area contributed by atoms with E-state index >= 15 is 0 Å². The molecule has 0 spiro atoms. The molecular weight excluding hydrogens is 390 g/mol. The van der Waals surface area contributed by atoms with Gasteiger partial charge in [-0.15, -0.1) is 0 Å². The molecule has 0 aliphatic heterocycles. The Labute approximate surface area is 174 Å². The first kappa shape index (κ1) is 22.2. The van der Waals surface area contributed by atoms with Crippen LogP contribution in [0.5, 0.6) is 5.75 Å². The third kappa shape index (κ3) is 3.68. The summed E-state index contributed by atoms with van der Waals surface area (Å²) in [7, 11) is 3.04. The molecule has 1 aliphatic carbocycles. The average Bonchev–Trinajstić information content (AvgIpc) is 2.78. The average molecular weight is 417 g/mol. The fourth-order valence-electron chi connectivity index (χ4n) is 4.02. The normalized spacial score (nSPS) is 26.6. The number of ether oxygens (including phenoxy) is 1. The highest BCUT2D eigenvalue weighted by molar-refractivity contribution is 5.95. The standard InChI is InChI=1S/C22H27NO7/c1-23-21(28)15-5-3-4-12(8-15)13-6-7-14(17(9-13)30-2)10-18(25)22(29)16(11-24)19(26)20(22)27/h3-9,16,18-20,24-27,29H,10-11H2,1-2H3,(H,23,28). The molecule has 1 amide bonds. The smallest absolute Gasteiger partial charge is 0.251 e. The quantitative estimate of drug-likeness (QED) is 0.364. The summed E-state index contributed by atoms with van der Waals surface area (Å²) < 4.78 is 5.44. The number of rotatable bonds is 7. The Kier molecular flexibility index (Phi) is 6.44. The van der Waals surface area contributed by atoms with Crippen LogP contribution in [0.25, 0.3) is 11.1 Å². The van der Waals surface area contributed by atoms with Crippen LogP contribution >= 0.6 is 0 Å². The second-order valence-electron chi connectivity index (χ2n) is 7.52. The van der Waals surface area contributed by atoms with E-state index in [1.807, 2.05) is 6.07 Å². The number of carbonyl (C=O) groups excluding carboxylic acids is 1. The molecule has 0 saturated heterocycles. The lowest BCUT2D eigenvalue weighted by Gasteiger charge is -2.55. The molecule has 162 valence electrons. The largest absolute Gasteiger partial charge is 0.496 e. The van der Waals surface area contributed by atoms with E-state index in [0.717, 1.165) is 11.1 Å². The Morgan fingerprint density at radius 3 is 2.53 bits per heavy atom. The predicted octanol–water partition coefficient (Wildman–Crippen LogP) is -0.300. The monoisotopic (exact) mass is 417 g/mol. The zero-order valence-corrected chi connectivity index (χ0v) is 16.8. The van der Waals surface area contributed by atoms with Crippen molar-refractivity contribution >= 4 is 5.91 Å². The Bertz CT molecular complexity index is 918. The van der Waals surface area contributed by atoms with Crippen LogP contribution in [0, 0.1) is 5.92 Å². The van der Waals surface area contributed by atoms with Gasteiger partial charge in [-0.05, 0) is 34.9 Å². The Balaban J connectivity index is 1.86. The fourth-order valence-corrected chi connectivity index (χ4v) is 4.02. The summed E-state index contributed by atoms with van der Waals surface area (Å²) in [4.78, 5) is 11.9. The number of carbonyl (C=O) groups is 1. The number of aliphatic hydroxyl groups is 5. The van der Waals surface area contributed by atoms with Crippen molar-refractivity contribution in [3.63, 3.8) is 0 Å². The Morgan fingerprint density at radius 2 is 1.90 bits per heavy atom. The molecule has 0 aromatic heterocycles. The minimum absolute atomic E-state index is 0.0570. The van der Waals surface area contributed by atoms with Crippen LogP contribution in [0.15, 0.2) is 42.5 Å². The van der Waals surface area contributed by atoms with E-state index in [2.05, 4.69) is 5.32 Å². The topological polar surface area (TPSA) is 139 Å². The second-order valence-corrected chi connectivity index (χ2v) is 7.52. The van der Waals surface area contributed by atoms with E-state index in [4.69, 9.17) is 4.74 Å². The minimum atomic E-state index is -2.01. The van der Waals surface area contributed by atoms with Gasteiger partial charge in [-0.25, -0.2) is 0 Å². The predicted molar refractivity (Wildman–Crippen MR) is 109 cm³/mol. The molecule has 8 nitrogen and oxygen atoms in total. The molecule has 2 aromatic rings. The van der Waals surface area contributed by atoms with Crippen LogP contribution < -0.4 is 10.1 Å². The van der Waals surface area contributed by atoms with Gasteiger partial charge in [0, 0.05) is 24.9 Å². The zero-order valence-electron chi connectivity index (χ0n) is 16.8. The Hall–Kier alpha value is -2.49. The third-order valence-corrected chi connectivity index (χ3v) is 5.92. The number of amides is 1. The SMILES string of the molecule is CNC(=O)c1cccc(-c2ccc(CC(O)C3(O)C(O)C(O)C3CO)c(OC)c2)c1. The number of methoxy groups -OCH3 is 1. The number of nitrogens with one attached hydrogen (secondary N) is 1. The molecule has 0 radical (unpaired) electrons. The van der Waals surface area contributed by atoms with Crippen molar-refractivity contribution in [1.82, 2.24) is 5.32 Å². The molecule has 0 heterocycles. The number of hydrogen-bond donors (Lipinski definition) is 6. The van der Waals surface area contributed by atoms with E-state index in [0.29, 0.717) is 16.9 Å². The summed E-state index contributed by atoms with van der Waals surface area (Å²) in [6.07, 6.45) is -4.34. The summed E-state index contributed by atoms with van der Waals surface area (Å²) in [5.41, 5.74) is 0.678. The van der Waals surface area contributed by atoms with Crippen LogP contribution in [0.1, 0.15) is 15.9 Å². The molecular formula is C22H27NO7. The highest BCUT2D eigenvalue weighted by atomic mass is 16.5. The zero-order chi connectivity index (χ0) is 22.1. The van der Waals surface area contributed by atoms with E-state index in [1.165, 1.54) is 7.11 Å². The fraction of sp³-hybridized carbons (Fsp3) is 0.409. The first-order chi connectivity index (χ1) is 14.3. The highest BCUT2D eigenvalue weighted by Crippen LogP contribution is 2.43.